The molecule has 128 valence electrons. The van der Waals surface area contributed by atoms with Gasteiger partial charge in [0.15, 0.2) is 0 Å². The standard InChI is InChI=1S/C20H19NO4/c1-14-17(20(23)24)13-21(11-12-22)19(14)16-9-5-6-10-18(16)25-15-7-3-2-4-8-15/h2-10,13,22H,11-12H2,1H3,(H,23,24). The second kappa shape index (κ2) is 7.23. The first kappa shape index (κ1) is 16.8. The number of hydrogen-bond acceptors (Lipinski definition) is 3. The predicted molar refractivity (Wildman–Crippen MR) is 95.2 cm³/mol. The van der Waals surface area contributed by atoms with Crippen molar-refractivity contribution in [2.24, 2.45) is 0 Å². The van der Waals surface area contributed by atoms with Crippen LogP contribution in [0.2, 0.25) is 0 Å². The van der Waals surface area contributed by atoms with Crippen molar-refractivity contribution in [3.8, 4) is 22.8 Å². The Labute approximate surface area is 145 Å². The van der Waals surface area contributed by atoms with E-state index in [4.69, 9.17) is 4.74 Å². The summed E-state index contributed by atoms with van der Waals surface area (Å²) < 4.78 is 7.75. The van der Waals surface area contributed by atoms with Crippen LogP contribution in [-0.4, -0.2) is 27.4 Å². The van der Waals surface area contributed by atoms with Crippen LogP contribution in [0.5, 0.6) is 11.5 Å². The van der Waals surface area contributed by atoms with Gasteiger partial charge in [-0.05, 0) is 36.8 Å². The molecule has 0 aliphatic rings. The molecule has 0 aliphatic carbocycles. The number of aliphatic hydroxyl groups excluding tert-OH is 1. The number of carbonyl (C=O) groups is 1. The molecule has 0 aliphatic heterocycles. The lowest BCUT2D eigenvalue weighted by molar-refractivity contribution is 0.0696. The van der Waals surface area contributed by atoms with Crippen molar-refractivity contribution in [2.75, 3.05) is 6.61 Å². The van der Waals surface area contributed by atoms with Gasteiger partial charge >= 0.3 is 5.97 Å². The maximum Gasteiger partial charge on any atom is 0.337 e. The van der Waals surface area contributed by atoms with Crippen molar-refractivity contribution in [2.45, 2.75) is 13.5 Å². The highest BCUT2D eigenvalue weighted by Crippen LogP contribution is 2.36. The molecular formula is C20H19NO4. The second-order valence-corrected chi connectivity index (χ2v) is 5.65. The van der Waals surface area contributed by atoms with Gasteiger partial charge in [0.25, 0.3) is 0 Å². The monoisotopic (exact) mass is 337 g/mol. The molecule has 0 bridgehead atoms. The Balaban J connectivity index is 2.12. The molecule has 2 aromatic carbocycles. The second-order valence-electron chi connectivity index (χ2n) is 5.65. The lowest BCUT2D eigenvalue weighted by Crippen LogP contribution is -2.03. The number of carboxylic acids is 1. The molecule has 0 amide bonds. The molecule has 1 heterocycles. The minimum atomic E-state index is -0.989. The molecule has 0 saturated carbocycles. The van der Waals surface area contributed by atoms with Gasteiger partial charge in [0.1, 0.15) is 11.5 Å². The third kappa shape index (κ3) is 3.41. The van der Waals surface area contributed by atoms with Gasteiger partial charge < -0.3 is 19.5 Å². The first-order chi connectivity index (χ1) is 12.1. The highest BCUT2D eigenvalue weighted by atomic mass is 16.5. The van der Waals surface area contributed by atoms with Crippen LogP contribution in [0, 0.1) is 6.92 Å². The van der Waals surface area contributed by atoms with Gasteiger partial charge in [0.05, 0.1) is 17.9 Å². The van der Waals surface area contributed by atoms with Crippen LogP contribution in [0.3, 0.4) is 0 Å². The van der Waals surface area contributed by atoms with E-state index in [1.165, 1.54) is 0 Å². The van der Waals surface area contributed by atoms with Crippen molar-refractivity contribution >= 4 is 5.97 Å². The average molecular weight is 337 g/mol. The number of carboxylic acid groups (broad SMARTS) is 1. The van der Waals surface area contributed by atoms with Crippen molar-refractivity contribution in [3.05, 3.63) is 71.9 Å². The molecule has 0 unspecified atom stereocenters. The lowest BCUT2D eigenvalue weighted by atomic mass is 10.0. The number of nitrogens with zero attached hydrogens (tertiary/aromatic N) is 1. The molecule has 25 heavy (non-hydrogen) atoms. The molecule has 1 aromatic heterocycles. The Kier molecular flexibility index (Phi) is 4.86. The molecule has 0 saturated heterocycles. The van der Waals surface area contributed by atoms with Gasteiger partial charge in [-0.1, -0.05) is 30.3 Å². The molecule has 5 nitrogen and oxygen atoms in total. The number of ether oxygens (including phenoxy) is 1. The zero-order chi connectivity index (χ0) is 17.8. The molecule has 0 radical (unpaired) electrons. The van der Waals surface area contributed by atoms with E-state index in [2.05, 4.69) is 0 Å². The van der Waals surface area contributed by atoms with Crippen molar-refractivity contribution in [3.63, 3.8) is 0 Å². The van der Waals surface area contributed by atoms with Gasteiger partial charge in [0.2, 0.25) is 0 Å². The molecule has 0 spiro atoms. The first-order valence-electron chi connectivity index (χ1n) is 7.98. The molecule has 5 heteroatoms. The summed E-state index contributed by atoms with van der Waals surface area (Å²) in [5, 5.41) is 18.8. The minimum absolute atomic E-state index is 0.0815. The van der Waals surface area contributed by atoms with Crippen LogP contribution >= 0.6 is 0 Å². The Morgan fingerprint density at radius 2 is 1.76 bits per heavy atom. The number of aromatic nitrogens is 1. The number of para-hydroxylation sites is 2. The van der Waals surface area contributed by atoms with Crippen LogP contribution in [0.1, 0.15) is 15.9 Å². The van der Waals surface area contributed by atoms with E-state index in [0.29, 0.717) is 23.6 Å². The smallest absolute Gasteiger partial charge is 0.337 e. The summed E-state index contributed by atoms with van der Waals surface area (Å²) in [5.41, 5.74) is 2.38. The van der Waals surface area contributed by atoms with Crippen LogP contribution in [0.25, 0.3) is 11.3 Å². The highest BCUT2D eigenvalue weighted by Gasteiger charge is 2.20. The van der Waals surface area contributed by atoms with Gasteiger partial charge in [-0.15, -0.1) is 0 Å². The first-order valence-corrected chi connectivity index (χ1v) is 7.98. The maximum atomic E-state index is 11.5. The van der Waals surface area contributed by atoms with Gasteiger partial charge in [-0.2, -0.15) is 0 Å². The predicted octanol–water partition coefficient (Wildman–Crippen LogP) is 3.95. The van der Waals surface area contributed by atoms with Gasteiger partial charge in [-0.25, -0.2) is 4.79 Å². The SMILES string of the molecule is Cc1c(C(=O)O)cn(CCO)c1-c1ccccc1Oc1ccccc1. The van der Waals surface area contributed by atoms with E-state index in [9.17, 15) is 15.0 Å². The summed E-state index contributed by atoms with van der Waals surface area (Å²) >= 11 is 0. The molecule has 2 N–H and O–H groups in total. The van der Waals surface area contributed by atoms with E-state index in [1.54, 1.807) is 17.7 Å². The van der Waals surface area contributed by atoms with Crippen LogP contribution < -0.4 is 4.74 Å². The van der Waals surface area contributed by atoms with Crippen molar-refractivity contribution in [1.29, 1.82) is 0 Å². The van der Waals surface area contributed by atoms with E-state index in [1.807, 2.05) is 54.6 Å². The zero-order valence-electron chi connectivity index (χ0n) is 13.8. The summed E-state index contributed by atoms with van der Waals surface area (Å²) in [7, 11) is 0. The number of aromatic carboxylic acids is 1. The zero-order valence-corrected chi connectivity index (χ0v) is 13.8. The normalized spacial score (nSPS) is 10.6. The van der Waals surface area contributed by atoms with Crippen LogP contribution in [-0.2, 0) is 6.54 Å². The fourth-order valence-electron chi connectivity index (χ4n) is 2.88. The third-order valence-electron chi connectivity index (χ3n) is 4.02. The van der Waals surface area contributed by atoms with E-state index in [-0.39, 0.29) is 12.2 Å². The number of rotatable bonds is 6. The topological polar surface area (TPSA) is 71.7 Å². The molecule has 0 atom stereocenters. The van der Waals surface area contributed by atoms with Gasteiger partial charge in [-0.3, -0.25) is 0 Å². The number of benzene rings is 2. The summed E-state index contributed by atoms with van der Waals surface area (Å²) in [6, 6.07) is 16.9. The Hall–Kier alpha value is -3.05. The fourth-order valence-corrected chi connectivity index (χ4v) is 2.88. The fraction of sp³-hybridized carbons (Fsp3) is 0.150. The molecule has 0 fully saturated rings. The Bertz CT molecular complexity index is 884. The van der Waals surface area contributed by atoms with E-state index in [0.717, 1.165) is 11.3 Å². The third-order valence-corrected chi connectivity index (χ3v) is 4.02. The lowest BCUT2D eigenvalue weighted by Gasteiger charge is -2.14. The highest BCUT2D eigenvalue weighted by molar-refractivity contribution is 5.92. The van der Waals surface area contributed by atoms with E-state index >= 15 is 0 Å². The summed E-state index contributed by atoms with van der Waals surface area (Å²) in [6.07, 6.45) is 1.56. The molecule has 3 rings (SSSR count). The van der Waals surface area contributed by atoms with Crippen molar-refractivity contribution < 1.29 is 19.7 Å². The summed E-state index contributed by atoms with van der Waals surface area (Å²) in [6.45, 7) is 2.00. The largest absolute Gasteiger partial charge is 0.478 e. The van der Waals surface area contributed by atoms with Crippen LogP contribution in [0.15, 0.2) is 60.8 Å². The van der Waals surface area contributed by atoms with Crippen molar-refractivity contribution in [1.82, 2.24) is 4.57 Å². The maximum absolute atomic E-state index is 11.5. The average Bonchev–Trinajstić information content (AvgIpc) is 2.93. The molecular weight excluding hydrogens is 318 g/mol. The van der Waals surface area contributed by atoms with E-state index < -0.39 is 5.97 Å². The van der Waals surface area contributed by atoms with Gasteiger partial charge in [0, 0.05) is 18.3 Å². The number of hydrogen-bond donors (Lipinski definition) is 2. The Morgan fingerprint density at radius 3 is 2.44 bits per heavy atom. The summed E-state index contributed by atoms with van der Waals surface area (Å²) in [5.74, 6) is 0.342. The Morgan fingerprint density at radius 1 is 1.08 bits per heavy atom. The molecule has 3 aromatic rings. The summed E-state index contributed by atoms with van der Waals surface area (Å²) in [4.78, 5) is 11.5. The quantitative estimate of drug-likeness (QED) is 0.714. The number of aliphatic hydroxyl groups is 1. The van der Waals surface area contributed by atoms with Crippen LogP contribution in [0.4, 0.5) is 0 Å². The minimum Gasteiger partial charge on any atom is -0.478 e.